The predicted molar refractivity (Wildman–Crippen MR) is 90.8 cm³/mol. The molecule has 0 amide bonds. The zero-order valence-corrected chi connectivity index (χ0v) is 12.9. The smallest absolute Gasteiger partial charge is 0.182 e. The van der Waals surface area contributed by atoms with Crippen molar-refractivity contribution < 1.29 is 4.39 Å². The van der Waals surface area contributed by atoms with Crippen molar-refractivity contribution in [1.29, 1.82) is 0 Å². The van der Waals surface area contributed by atoms with Crippen LogP contribution in [0, 0.1) is 5.82 Å². The second-order valence-electron chi connectivity index (χ2n) is 5.59. The maximum atomic E-state index is 13.5. The van der Waals surface area contributed by atoms with Gasteiger partial charge in [0.15, 0.2) is 17.1 Å². The van der Waals surface area contributed by atoms with Crippen molar-refractivity contribution in [2.75, 3.05) is 0 Å². The van der Waals surface area contributed by atoms with Gasteiger partial charge in [0.25, 0.3) is 0 Å². The molecule has 2 aromatic carbocycles. The lowest BCUT2D eigenvalue weighted by molar-refractivity contribution is 0.625. The standard InChI is InChI=1S/C18H11FN6/c19-13-7-4-8-14(9-13)25-17-15(10-21-25)18-22-16(23-24(18)11-20-17)12-5-2-1-3-6-12/h1-11H. The largest absolute Gasteiger partial charge is 0.216 e. The Hall–Kier alpha value is -3.61. The summed E-state index contributed by atoms with van der Waals surface area (Å²) in [7, 11) is 0. The predicted octanol–water partition coefficient (Wildman–Crippen LogP) is 3.27. The molecule has 0 radical (unpaired) electrons. The van der Waals surface area contributed by atoms with E-state index in [1.54, 1.807) is 33.9 Å². The summed E-state index contributed by atoms with van der Waals surface area (Å²) in [6.07, 6.45) is 3.26. The van der Waals surface area contributed by atoms with Crippen molar-refractivity contribution in [3.63, 3.8) is 0 Å². The normalized spacial score (nSPS) is 11.4. The molecule has 0 saturated heterocycles. The lowest BCUT2D eigenvalue weighted by Gasteiger charge is -2.02. The first-order valence-corrected chi connectivity index (χ1v) is 7.70. The molecule has 0 aliphatic heterocycles. The molecule has 3 heterocycles. The third kappa shape index (κ3) is 2.17. The van der Waals surface area contributed by atoms with E-state index in [-0.39, 0.29) is 5.82 Å². The third-order valence-corrected chi connectivity index (χ3v) is 3.99. The Balaban J connectivity index is 1.73. The van der Waals surface area contributed by atoms with E-state index in [4.69, 9.17) is 0 Å². The highest BCUT2D eigenvalue weighted by molar-refractivity contribution is 5.89. The van der Waals surface area contributed by atoms with Gasteiger partial charge in [0.05, 0.1) is 17.3 Å². The lowest BCUT2D eigenvalue weighted by atomic mass is 10.2. The number of hydrogen-bond donors (Lipinski definition) is 0. The fourth-order valence-electron chi connectivity index (χ4n) is 2.83. The summed E-state index contributed by atoms with van der Waals surface area (Å²) in [6.45, 7) is 0. The quantitative estimate of drug-likeness (QED) is 0.498. The highest BCUT2D eigenvalue weighted by Crippen LogP contribution is 2.22. The molecule has 0 fully saturated rings. The fraction of sp³-hybridized carbons (Fsp3) is 0. The topological polar surface area (TPSA) is 60.9 Å². The summed E-state index contributed by atoms with van der Waals surface area (Å²) in [5, 5.41) is 9.57. The minimum absolute atomic E-state index is 0.323. The third-order valence-electron chi connectivity index (χ3n) is 3.99. The van der Waals surface area contributed by atoms with Crippen molar-refractivity contribution >= 4 is 16.7 Å². The molecular formula is C18H11FN6. The molecule has 0 aliphatic rings. The maximum Gasteiger partial charge on any atom is 0.182 e. The first-order chi connectivity index (χ1) is 12.3. The van der Waals surface area contributed by atoms with E-state index in [0.29, 0.717) is 22.8 Å². The Morgan fingerprint density at radius 1 is 0.920 bits per heavy atom. The van der Waals surface area contributed by atoms with E-state index in [1.165, 1.54) is 12.1 Å². The van der Waals surface area contributed by atoms with Crippen molar-refractivity contribution in [2.24, 2.45) is 0 Å². The number of nitrogens with zero attached hydrogens (tertiary/aromatic N) is 6. The van der Waals surface area contributed by atoms with Gasteiger partial charge >= 0.3 is 0 Å². The minimum Gasteiger partial charge on any atom is -0.216 e. The summed E-state index contributed by atoms with van der Waals surface area (Å²) in [6, 6.07) is 16.0. The van der Waals surface area contributed by atoms with E-state index >= 15 is 0 Å². The van der Waals surface area contributed by atoms with E-state index in [2.05, 4.69) is 20.2 Å². The molecule has 5 rings (SSSR count). The van der Waals surface area contributed by atoms with E-state index < -0.39 is 0 Å². The van der Waals surface area contributed by atoms with Crippen LogP contribution in [0.5, 0.6) is 0 Å². The Morgan fingerprint density at radius 2 is 1.80 bits per heavy atom. The van der Waals surface area contributed by atoms with Crippen LogP contribution >= 0.6 is 0 Å². The van der Waals surface area contributed by atoms with Gasteiger partial charge in [-0.05, 0) is 18.2 Å². The van der Waals surface area contributed by atoms with Crippen LogP contribution in [0.15, 0.2) is 67.1 Å². The van der Waals surface area contributed by atoms with Crippen LogP contribution in [0.1, 0.15) is 0 Å². The molecule has 0 spiro atoms. The number of hydrogen-bond acceptors (Lipinski definition) is 4. The Labute approximate surface area is 141 Å². The Morgan fingerprint density at radius 3 is 2.64 bits per heavy atom. The second-order valence-corrected chi connectivity index (χ2v) is 5.59. The second kappa shape index (κ2) is 5.20. The van der Waals surface area contributed by atoms with Crippen LogP contribution in [0.4, 0.5) is 4.39 Å². The van der Waals surface area contributed by atoms with E-state index in [0.717, 1.165) is 10.9 Å². The zero-order chi connectivity index (χ0) is 16.8. The van der Waals surface area contributed by atoms with E-state index in [1.807, 2.05) is 30.3 Å². The van der Waals surface area contributed by atoms with Gasteiger partial charge in [-0.3, -0.25) is 0 Å². The average Bonchev–Trinajstić information content (AvgIpc) is 3.26. The molecule has 0 aliphatic carbocycles. The molecule has 0 unspecified atom stereocenters. The summed E-state index contributed by atoms with van der Waals surface area (Å²) in [5.41, 5.74) is 2.79. The Bertz CT molecular complexity index is 1210. The molecule has 3 aromatic heterocycles. The van der Waals surface area contributed by atoms with E-state index in [9.17, 15) is 4.39 Å². The van der Waals surface area contributed by atoms with Gasteiger partial charge in [-0.15, -0.1) is 5.10 Å². The van der Waals surface area contributed by atoms with Crippen molar-refractivity contribution in [2.45, 2.75) is 0 Å². The maximum absolute atomic E-state index is 13.5. The molecule has 0 atom stereocenters. The van der Waals surface area contributed by atoms with Gasteiger partial charge < -0.3 is 0 Å². The minimum atomic E-state index is -0.323. The van der Waals surface area contributed by atoms with Crippen molar-refractivity contribution in [3.8, 4) is 17.1 Å². The number of fused-ring (bicyclic) bond motifs is 3. The summed E-state index contributed by atoms with van der Waals surface area (Å²) < 4.78 is 16.7. The van der Waals surface area contributed by atoms with Gasteiger partial charge in [-0.25, -0.2) is 23.6 Å². The summed E-state index contributed by atoms with van der Waals surface area (Å²) in [5.74, 6) is 0.296. The van der Waals surface area contributed by atoms with Crippen molar-refractivity contribution in [1.82, 2.24) is 29.4 Å². The van der Waals surface area contributed by atoms with Crippen LogP contribution in [-0.2, 0) is 0 Å². The van der Waals surface area contributed by atoms with Crippen LogP contribution in [0.2, 0.25) is 0 Å². The summed E-state index contributed by atoms with van der Waals surface area (Å²) in [4.78, 5) is 9.04. The molecule has 0 N–H and O–H groups in total. The molecular weight excluding hydrogens is 319 g/mol. The van der Waals surface area contributed by atoms with Gasteiger partial charge in [0.2, 0.25) is 0 Å². The first-order valence-electron chi connectivity index (χ1n) is 7.70. The average molecular weight is 330 g/mol. The Kier molecular flexibility index (Phi) is 2.87. The van der Waals surface area contributed by atoms with Crippen LogP contribution < -0.4 is 0 Å². The van der Waals surface area contributed by atoms with Gasteiger partial charge in [0.1, 0.15) is 12.1 Å². The van der Waals surface area contributed by atoms with Crippen LogP contribution in [0.3, 0.4) is 0 Å². The number of aromatic nitrogens is 6. The molecule has 5 aromatic rings. The molecule has 7 heteroatoms. The number of halogens is 1. The molecule has 120 valence electrons. The SMILES string of the molecule is Fc1cccc(-n2ncc3c2ncn2nc(-c4ccccc4)nc32)c1. The van der Waals surface area contributed by atoms with Crippen molar-refractivity contribution in [3.05, 3.63) is 72.9 Å². The number of rotatable bonds is 2. The van der Waals surface area contributed by atoms with Gasteiger partial charge in [-0.1, -0.05) is 36.4 Å². The highest BCUT2D eigenvalue weighted by Gasteiger charge is 2.14. The highest BCUT2D eigenvalue weighted by atomic mass is 19.1. The fourth-order valence-corrected chi connectivity index (χ4v) is 2.83. The lowest BCUT2D eigenvalue weighted by Crippen LogP contribution is -1.99. The molecule has 25 heavy (non-hydrogen) atoms. The molecule has 0 bridgehead atoms. The van der Waals surface area contributed by atoms with Crippen LogP contribution in [0.25, 0.3) is 33.8 Å². The molecule has 0 saturated carbocycles. The monoisotopic (exact) mass is 330 g/mol. The molecule has 6 nitrogen and oxygen atoms in total. The summed E-state index contributed by atoms with van der Waals surface area (Å²) >= 11 is 0. The van der Waals surface area contributed by atoms with Gasteiger partial charge in [-0.2, -0.15) is 5.10 Å². The number of benzene rings is 2. The zero-order valence-electron chi connectivity index (χ0n) is 12.9. The first kappa shape index (κ1) is 13.8. The van der Waals surface area contributed by atoms with Crippen LogP contribution in [-0.4, -0.2) is 29.4 Å². The van der Waals surface area contributed by atoms with Gasteiger partial charge in [0, 0.05) is 5.56 Å².